The van der Waals surface area contributed by atoms with E-state index in [-0.39, 0.29) is 6.04 Å². The summed E-state index contributed by atoms with van der Waals surface area (Å²) in [6, 6.07) is -1.04. The van der Waals surface area contributed by atoms with Crippen LogP contribution in [0.15, 0.2) is 0 Å². The third kappa shape index (κ3) is 8.45. The van der Waals surface area contributed by atoms with Crippen LogP contribution in [0.2, 0.25) is 0 Å². The molecule has 0 spiro atoms. The first-order chi connectivity index (χ1) is 6.02. The lowest BCUT2D eigenvalue weighted by molar-refractivity contribution is 0.243. The van der Waals surface area contributed by atoms with Gasteiger partial charge in [-0.15, -0.1) is 0 Å². The van der Waals surface area contributed by atoms with E-state index in [1.165, 1.54) is 0 Å². The van der Waals surface area contributed by atoms with Crippen molar-refractivity contribution in [3.05, 3.63) is 0 Å². The Hall–Kier alpha value is -1.46. The molecule has 0 heterocycles. The minimum Gasteiger partial charge on any atom is -0.352 e. The van der Waals surface area contributed by atoms with Crippen molar-refractivity contribution >= 4 is 12.1 Å². The zero-order valence-electron chi connectivity index (χ0n) is 7.67. The van der Waals surface area contributed by atoms with Gasteiger partial charge in [0.15, 0.2) is 0 Å². The van der Waals surface area contributed by atoms with Gasteiger partial charge in [-0.2, -0.15) is 0 Å². The van der Waals surface area contributed by atoms with Crippen molar-refractivity contribution in [3.8, 4) is 0 Å². The fraction of sp³-hybridized carbons (Fsp3) is 0.714. The molecule has 0 saturated carbocycles. The van der Waals surface area contributed by atoms with Crippen molar-refractivity contribution in [2.24, 2.45) is 11.5 Å². The number of rotatable bonds is 5. The minimum absolute atomic E-state index is 0.0205. The molecule has 0 fully saturated rings. The van der Waals surface area contributed by atoms with Crippen molar-refractivity contribution in [1.82, 2.24) is 10.6 Å². The van der Waals surface area contributed by atoms with Gasteiger partial charge in [-0.1, -0.05) is 0 Å². The number of carbonyl (C=O) groups is 2. The Balaban J connectivity index is 3.31. The molecule has 1 atom stereocenters. The molecule has 1 unspecified atom stereocenters. The van der Waals surface area contributed by atoms with E-state index in [9.17, 15) is 9.59 Å². The third-order valence-electron chi connectivity index (χ3n) is 1.50. The van der Waals surface area contributed by atoms with E-state index in [1.807, 2.05) is 6.92 Å². The summed E-state index contributed by atoms with van der Waals surface area (Å²) >= 11 is 0. The van der Waals surface area contributed by atoms with Gasteiger partial charge in [-0.3, -0.25) is 0 Å². The lowest BCUT2D eigenvalue weighted by Gasteiger charge is -2.11. The number of amides is 4. The average Bonchev–Trinajstić information content (AvgIpc) is 1.96. The fourth-order valence-electron chi connectivity index (χ4n) is 0.935. The smallest absolute Gasteiger partial charge is 0.312 e. The Kier molecular flexibility index (Phi) is 5.42. The summed E-state index contributed by atoms with van der Waals surface area (Å²) in [5, 5.41) is 4.97. The highest BCUT2D eigenvalue weighted by atomic mass is 16.2. The van der Waals surface area contributed by atoms with Crippen LogP contribution in [0, 0.1) is 0 Å². The number of hydrogen-bond acceptors (Lipinski definition) is 2. The van der Waals surface area contributed by atoms with Gasteiger partial charge < -0.3 is 22.1 Å². The van der Waals surface area contributed by atoms with Gasteiger partial charge in [-0.25, -0.2) is 9.59 Å². The summed E-state index contributed by atoms with van der Waals surface area (Å²) in [4.78, 5) is 20.6. The van der Waals surface area contributed by atoms with Crippen molar-refractivity contribution < 1.29 is 9.59 Å². The molecule has 0 saturated heterocycles. The van der Waals surface area contributed by atoms with Crippen molar-refractivity contribution in [3.63, 3.8) is 0 Å². The second-order valence-electron chi connectivity index (χ2n) is 2.84. The van der Waals surface area contributed by atoms with Crippen LogP contribution in [0.4, 0.5) is 9.59 Å². The van der Waals surface area contributed by atoms with E-state index >= 15 is 0 Å². The SMILES string of the molecule is CC(CCCNC(N)=O)NC(N)=O. The predicted octanol–water partition coefficient (Wildman–Crippen LogP) is -0.508. The first kappa shape index (κ1) is 11.5. The zero-order valence-corrected chi connectivity index (χ0v) is 7.67. The summed E-state index contributed by atoms with van der Waals surface area (Å²) in [7, 11) is 0. The Morgan fingerprint density at radius 2 is 1.92 bits per heavy atom. The quantitative estimate of drug-likeness (QED) is 0.436. The minimum atomic E-state index is -0.532. The summed E-state index contributed by atoms with van der Waals surface area (Å²) in [5.41, 5.74) is 9.76. The molecule has 0 aliphatic rings. The van der Waals surface area contributed by atoms with Crippen LogP contribution in [0.5, 0.6) is 0 Å². The van der Waals surface area contributed by atoms with Gasteiger partial charge in [0.25, 0.3) is 0 Å². The molecule has 4 amide bonds. The van der Waals surface area contributed by atoms with Crippen LogP contribution in [0.3, 0.4) is 0 Å². The van der Waals surface area contributed by atoms with Gasteiger partial charge in [-0.05, 0) is 19.8 Å². The topological polar surface area (TPSA) is 110 Å². The Morgan fingerprint density at radius 3 is 2.38 bits per heavy atom. The maximum absolute atomic E-state index is 10.4. The Morgan fingerprint density at radius 1 is 1.31 bits per heavy atom. The van der Waals surface area contributed by atoms with Crippen LogP contribution >= 0.6 is 0 Å². The van der Waals surface area contributed by atoms with E-state index in [1.54, 1.807) is 0 Å². The molecule has 0 aromatic carbocycles. The predicted molar refractivity (Wildman–Crippen MR) is 49.0 cm³/mol. The molecule has 76 valence electrons. The summed E-state index contributed by atoms with van der Waals surface area (Å²) < 4.78 is 0. The van der Waals surface area contributed by atoms with Gasteiger partial charge in [0, 0.05) is 12.6 Å². The standard InChI is InChI=1S/C7H16N4O2/c1-5(11-7(9)13)3-2-4-10-6(8)12/h5H,2-4H2,1H3,(H3,8,10,12)(H3,9,11,13). The van der Waals surface area contributed by atoms with Gasteiger partial charge >= 0.3 is 12.1 Å². The van der Waals surface area contributed by atoms with E-state index in [0.717, 1.165) is 12.8 Å². The first-order valence-electron chi connectivity index (χ1n) is 4.11. The fourth-order valence-corrected chi connectivity index (χ4v) is 0.935. The molecule has 0 rings (SSSR count). The zero-order chi connectivity index (χ0) is 10.3. The normalized spacial score (nSPS) is 11.8. The van der Waals surface area contributed by atoms with E-state index in [4.69, 9.17) is 11.5 Å². The van der Waals surface area contributed by atoms with E-state index in [0.29, 0.717) is 6.54 Å². The molecular formula is C7H16N4O2. The number of nitrogens with one attached hydrogen (secondary N) is 2. The summed E-state index contributed by atoms with van der Waals surface area (Å²) in [5.74, 6) is 0. The molecular weight excluding hydrogens is 172 g/mol. The molecule has 0 aromatic heterocycles. The van der Waals surface area contributed by atoms with Crippen LogP contribution in [-0.2, 0) is 0 Å². The third-order valence-corrected chi connectivity index (χ3v) is 1.50. The number of carbonyl (C=O) groups excluding carboxylic acids is 2. The molecule has 0 radical (unpaired) electrons. The number of primary amides is 2. The molecule has 6 N–H and O–H groups in total. The number of urea groups is 2. The van der Waals surface area contributed by atoms with Crippen LogP contribution in [0.25, 0.3) is 0 Å². The van der Waals surface area contributed by atoms with Crippen molar-refractivity contribution in [1.29, 1.82) is 0 Å². The molecule has 0 aliphatic carbocycles. The molecule has 0 aliphatic heterocycles. The number of nitrogens with two attached hydrogens (primary N) is 2. The molecule has 0 bridgehead atoms. The highest BCUT2D eigenvalue weighted by Gasteiger charge is 2.02. The lowest BCUT2D eigenvalue weighted by atomic mass is 10.2. The second kappa shape index (κ2) is 6.10. The average molecular weight is 188 g/mol. The molecule has 6 nitrogen and oxygen atoms in total. The second-order valence-corrected chi connectivity index (χ2v) is 2.84. The molecule has 0 aromatic rings. The first-order valence-corrected chi connectivity index (χ1v) is 4.11. The largest absolute Gasteiger partial charge is 0.352 e. The summed E-state index contributed by atoms with van der Waals surface area (Å²) in [6.07, 6.45) is 1.51. The summed E-state index contributed by atoms with van der Waals surface area (Å²) in [6.45, 7) is 2.36. The monoisotopic (exact) mass is 188 g/mol. The highest BCUT2D eigenvalue weighted by Crippen LogP contribution is 1.94. The lowest BCUT2D eigenvalue weighted by Crippen LogP contribution is -2.37. The highest BCUT2D eigenvalue weighted by molar-refractivity contribution is 5.72. The molecule has 13 heavy (non-hydrogen) atoms. The van der Waals surface area contributed by atoms with Crippen LogP contribution < -0.4 is 22.1 Å². The van der Waals surface area contributed by atoms with E-state index in [2.05, 4.69) is 10.6 Å². The van der Waals surface area contributed by atoms with Gasteiger partial charge in [0.1, 0.15) is 0 Å². The van der Waals surface area contributed by atoms with Crippen LogP contribution in [-0.4, -0.2) is 24.6 Å². The maximum atomic E-state index is 10.4. The van der Waals surface area contributed by atoms with Crippen molar-refractivity contribution in [2.75, 3.05) is 6.54 Å². The van der Waals surface area contributed by atoms with Crippen molar-refractivity contribution in [2.45, 2.75) is 25.8 Å². The van der Waals surface area contributed by atoms with Crippen LogP contribution in [0.1, 0.15) is 19.8 Å². The van der Waals surface area contributed by atoms with E-state index < -0.39 is 12.1 Å². The Bertz CT molecular complexity index is 183. The number of hydrogen-bond donors (Lipinski definition) is 4. The maximum Gasteiger partial charge on any atom is 0.312 e. The van der Waals surface area contributed by atoms with Gasteiger partial charge in [0.05, 0.1) is 0 Å². The Labute approximate surface area is 77.0 Å². The van der Waals surface area contributed by atoms with Gasteiger partial charge in [0.2, 0.25) is 0 Å². The molecule has 6 heteroatoms.